The van der Waals surface area contributed by atoms with Gasteiger partial charge in [0.1, 0.15) is 5.75 Å². The highest BCUT2D eigenvalue weighted by Gasteiger charge is 2.39. The van der Waals surface area contributed by atoms with Crippen molar-refractivity contribution in [2.24, 2.45) is 11.8 Å². The van der Waals surface area contributed by atoms with Gasteiger partial charge in [-0.3, -0.25) is 0 Å². The summed E-state index contributed by atoms with van der Waals surface area (Å²) in [6, 6.07) is 6.80. The molecule has 1 fully saturated rings. The molecule has 0 radical (unpaired) electrons. The number of rotatable bonds is 6. The van der Waals surface area contributed by atoms with E-state index in [0.717, 1.165) is 30.6 Å². The Balaban J connectivity index is 2.10. The van der Waals surface area contributed by atoms with Crippen molar-refractivity contribution in [1.29, 1.82) is 0 Å². The van der Waals surface area contributed by atoms with Gasteiger partial charge in [-0.25, -0.2) is 0 Å². The molecule has 3 atom stereocenters. The minimum absolute atomic E-state index is 0.591. The van der Waals surface area contributed by atoms with E-state index in [1.54, 1.807) is 7.11 Å². The van der Waals surface area contributed by atoms with Crippen molar-refractivity contribution in [2.45, 2.75) is 32.7 Å². The second-order valence-electron chi connectivity index (χ2n) is 5.20. The number of benzene rings is 1. The Hall–Kier alpha value is -0.540. The Labute approximate surface area is 118 Å². The molecule has 3 heteroatoms. The summed E-state index contributed by atoms with van der Waals surface area (Å²) in [7, 11) is 1.72. The van der Waals surface area contributed by atoms with E-state index in [4.69, 9.17) is 4.74 Å². The lowest BCUT2D eigenvalue weighted by Gasteiger charge is -2.19. The first-order valence-electron chi connectivity index (χ1n) is 6.71. The molecule has 1 aliphatic rings. The molecule has 1 saturated carbocycles. The molecule has 1 N–H and O–H groups in total. The maximum absolute atomic E-state index is 5.31. The van der Waals surface area contributed by atoms with Crippen molar-refractivity contribution in [3.63, 3.8) is 0 Å². The van der Waals surface area contributed by atoms with E-state index in [0.29, 0.717) is 6.04 Å². The first-order valence-corrected chi connectivity index (χ1v) is 7.50. The summed E-state index contributed by atoms with van der Waals surface area (Å²) in [6.45, 7) is 5.56. The highest BCUT2D eigenvalue weighted by atomic mass is 79.9. The smallest absolute Gasteiger partial charge is 0.119 e. The quantitative estimate of drug-likeness (QED) is 0.866. The molecule has 1 aliphatic carbocycles. The molecule has 0 aliphatic heterocycles. The van der Waals surface area contributed by atoms with Gasteiger partial charge in [-0.05, 0) is 55.0 Å². The van der Waals surface area contributed by atoms with Crippen LogP contribution in [-0.4, -0.2) is 19.7 Å². The monoisotopic (exact) mass is 311 g/mol. The Morgan fingerprint density at radius 2 is 2.22 bits per heavy atom. The number of halogens is 1. The summed E-state index contributed by atoms with van der Waals surface area (Å²) in [5.41, 5.74) is 1.33. The average molecular weight is 312 g/mol. The number of hydrogen-bond donors (Lipinski definition) is 1. The molecule has 2 nitrogen and oxygen atoms in total. The van der Waals surface area contributed by atoms with Gasteiger partial charge in [0, 0.05) is 10.5 Å². The fourth-order valence-corrected chi connectivity index (χ4v) is 3.03. The van der Waals surface area contributed by atoms with Gasteiger partial charge >= 0.3 is 0 Å². The SMILES string of the molecule is CCNC(Cc1cc(OC)ccc1Br)C1CC1C. The first kappa shape index (κ1) is 13.9. The maximum atomic E-state index is 5.31. The zero-order valence-electron chi connectivity index (χ0n) is 11.4. The minimum atomic E-state index is 0.591. The molecule has 100 valence electrons. The zero-order chi connectivity index (χ0) is 13.1. The van der Waals surface area contributed by atoms with Gasteiger partial charge in [0.15, 0.2) is 0 Å². The largest absolute Gasteiger partial charge is 0.497 e. The lowest BCUT2D eigenvalue weighted by Crippen LogP contribution is -2.33. The number of methoxy groups -OCH3 is 1. The van der Waals surface area contributed by atoms with Crippen LogP contribution < -0.4 is 10.1 Å². The van der Waals surface area contributed by atoms with Gasteiger partial charge in [-0.15, -0.1) is 0 Å². The molecule has 18 heavy (non-hydrogen) atoms. The van der Waals surface area contributed by atoms with E-state index in [1.807, 2.05) is 6.07 Å². The molecule has 2 rings (SSSR count). The van der Waals surface area contributed by atoms with Crippen LogP contribution in [0.2, 0.25) is 0 Å². The molecule has 0 spiro atoms. The molecule has 0 saturated heterocycles. The third-order valence-electron chi connectivity index (χ3n) is 3.85. The standard InChI is InChI=1S/C15H22BrNO/c1-4-17-15(13-7-10(13)2)9-11-8-12(18-3)5-6-14(11)16/h5-6,8,10,13,15,17H,4,7,9H2,1-3H3. The van der Waals surface area contributed by atoms with Crippen LogP contribution in [0, 0.1) is 11.8 Å². The summed E-state index contributed by atoms with van der Waals surface area (Å²) in [6.07, 6.45) is 2.43. The predicted molar refractivity (Wildman–Crippen MR) is 79.1 cm³/mol. The summed E-state index contributed by atoms with van der Waals surface area (Å²) < 4.78 is 6.49. The van der Waals surface area contributed by atoms with E-state index < -0.39 is 0 Å². The Kier molecular flexibility index (Phi) is 4.68. The Morgan fingerprint density at radius 3 is 2.78 bits per heavy atom. The van der Waals surface area contributed by atoms with E-state index >= 15 is 0 Å². The highest BCUT2D eigenvalue weighted by molar-refractivity contribution is 9.10. The predicted octanol–water partition coefficient (Wildman–Crippen LogP) is 3.63. The van der Waals surface area contributed by atoms with Crippen molar-refractivity contribution in [3.8, 4) is 5.75 Å². The van der Waals surface area contributed by atoms with Crippen molar-refractivity contribution in [1.82, 2.24) is 5.32 Å². The van der Waals surface area contributed by atoms with Gasteiger partial charge in [-0.2, -0.15) is 0 Å². The Morgan fingerprint density at radius 1 is 1.50 bits per heavy atom. The van der Waals surface area contributed by atoms with Crippen LogP contribution in [0.5, 0.6) is 5.75 Å². The van der Waals surface area contributed by atoms with Gasteiger partial charge in [0.25, 0.3) is 0 Å². The number of ether oxygens (including phenoxy) is 1. The minimum Gasteiger partial charge on any atom is -0.497 e. The van der Waals surface area contributed by atoms with Crippen LogP contribution in [0.4, 0.5) is 0 Å². The second-order valence-corrected chi connectivity index (χ2v) is 6.06. The third-order valence-corrected chi connectivity index (χ3v) is 4.62. The summed E-state index contributed by atoms with van der Waals surface area (Å²) >= 11 is 3.64. The molecule has 0 heterocycles. The maximum Gasteiger partial charge on any atom is 0.119 e. The number of hydrogen-bond acceptors (Lipinski definition) is 2. The Bertz CT molecular complexity index is 407. The molecular weight excluding hydrogens is 290 g/mol. The van der Waals surface area contributed by atoms with Gasteiger partial charge in [0.2, 0.25) is 0 Å². The zero-order valence-corrected chi connectivity index (χ0v) is 13.0. The van der Waals surface area contributed by atoms with Crippen molar-refractivity contribution < 1.29 is 4.74 Å². The number of likely N-dealkylation sites (N-methyl/N-ethyl adjacent to an activating group) is 1. The lowest BCUT2D eigenvalue weighted by molar-refractivity contribution is 0.412. The van der Waals surface area contributed by atoms with Crippen LogP contribution >= 0.6 is 15.9 Å². The van der Waals surface area contributed by atoms with E-state index in [1.165, 1.54) is 16.5 Å². The molecule has 3 unspecified atom stereocenters. The van der Waals surface area contributed by atoms with Crippen molar-refractivity contribution in [2.75, 3.05) is 13.7 Å². The second kappa shape index (κ2) is 6.07. The van der Waals surface area contributed by atoms with Crippen LogP contribution in [0.25, 0.3) is 0 Å². The highest BCUT2D eigenvalue weighted by Crippen LogP contribution is 2.42. The molecular formula is C15H22BrNO. The van der Waals surface area contributed by atoms with Crippen LogP contribution in [-0.2, 0) is 6.42 Å². The van der Waals surface area contributed by atoms with Gasteiger partial charge < -0.3 is 10.1 Å². The number of nitrogens with one attached hydrogen (secondary N) is 1. The normalized spacial score (nSPS) is 23.8. The topological polar surface area (TPSA) is 21.3 Å². The average Bonchev–Trinajstić information content (AvgIpc) is 3.08. The van der Waals surface area contributed by atoms with E-state index in [9.17, 15) is 0 Å². The van der Waals surface area contributed by atoms with Gasteiger partial charge in [-0.1, -0.05) is 29.8 Å². The summed E-state index contributed by atoms with van der Waals surface area (Å²) in [5.74, 6) is 2.65. The van der Waals surface area contributed by atoms with E-state index in [2.05, 4.69) is 47.2 Å². The van der Waals surface area contributed by atoms with Crippen molar-refractivity contribution in [3.05, 3.63) is 28.2 Å². The molecule has 1 aromatic carbocycles. The molecule has 1 aromatic rings. The van der Waals surface area contributed by atoms with E-state index in [-0.39, 0.29) is 0 Å². The summed E-state index contributed by atoms with van der Waals surface area (Å²) in [5, 5.41) is 3.63. The summed E-state index contributed by atoms with van der Waals surface area (Å²) in [4.78, 5) is 0. The van der Waals surface area contributed by atoms with Crippen LogP contribution in [0.1, 0.15) is 25.8 Å². The lowest BCUT2D eigenvalue weighted by atomic mass is 10.0. The fourth-order valence-electron chi connectivity index (χ4n) is 2.62. The molecule has 0 aromatic heterocycles. The van der Waals surface area contributed by atoms with Crippen molar-refractivity contribution >= 4 is 15.9 Å². The van der Waals surface area contributed by atoms with Gasteiger partial charge in [0.05, 0.1) is 7.11 Å². The molecule has 0 bridgehead atoms. The molecule has 0 amide bonds. The first-order chi connectivity index (χ1) is 8.65. The fraction of sp³-hybridized carbons (Fsp3) is 0.600. The van der Waals surface area contributed by atoms with Crippen LogP contribution in [0.3, 0.4) is 0 Å². The van der Waals surface area contributed by atoms with Crippen LogP contribution in [0.15, 0.2) is 22.7 Å². The third kappa shape index (κ3) is 3.27.